The number of ketones is 1. The number of carboxylic acid groups (broad SMARTS) is 1. The number of pyridine rings is 2. The van der Waals surface area contributed by atoms with Crippen LogP contribution in [0.3, 0.4) is 0 Å². The number of hydrogen-bond donors (Lipinski definition) is 2. The molecular weight excluding hydrogens is 578 g/mol. The SMILES string of the molecule is CCOC(=O)C1CCC(=O)CC1.O=C(Nc1ccccc1)c1ccncc1.O=C1OC2(CCC(C(=O)O)CC2)c2cnccc21. The van der Waals surface area contributed by atoms with Gasteiger partial charge in [-0.3, -0.25) is 29.1 Å². The number of aromatic nitrogens is 2. The predicted octanol–water partition coefficient (Wildman–Crippen LogP) is 5.36. The highest BCUT2D eigenvalue weighted by atomic mass is 16.6. The van der Waals surface area contributed by atoms with E-state index in [0.717, 1.165) is 11.3 Å². The second-order valence-electron chi connectivity index (χ2n) is 11.0. The third-order valence-corrected chi connectivity index (χ3v) is 8.10. The lowest BCUT2D eigenvalue weighted by atomic mass is 9.75. The average molecular weight is 616 g/mol. The molecule has 2 saturated carbocycles. The van der Waals surface area contributed by atoms with Crippen LogP contribution in [0.2, 0.25) is 0 Å². The molecule has 0 atom stereocenters. The van der Waals surface area contributed by atoms with Crippen molar-refractivity contribution in [3.05, 3.63) is 90.0 Å². The van der Waals surface area contributed by atoms with E-state index in [1.807, 2.05) is 30.3 Å². The molecule has 6 rings (SSSR count). The number of ether oxygens (including phenoxy) is 2. The highest BCUT2D eigenvalue weighted by Gasteiger charge is 2.48. The number of Topliss-reactive ketones (excluding diaryl/α,β-unsaturated/α-hetero) is 1. The summed E-state index contributed by atoms with van der Waals surface area (Å²) in [5.41, 5.74) is 2.15. The van der Waals surface area contributed by atoms with Gasteiger partial charge < -0.3 is 19.9 Å². The maximum atomic E-state index is 11.8. The molecule has 1 aliphatic heterocycles. The molecule has 2 N–H and O–H groups in total. The molecular formula is C34H37N3O8. The molecule has 2 fully saturated rings. The first kappa shape index (κ1) is 33.0. The average Bonchev–Trinajstić information content (AvgIpc) is 3.33. The molecule has 1 amide bonds. The van der Waals surface area contributed by atoms with Crippen LogP contribution in [0.5, 0.6) is 0 Å². The van der Waals surface area contributed by atoms with Gasteiger partial charge in [0.25, 0.3) is 5.91 Å². The van der Waals surface area contributed by atoms with Gasteiger partial charge in [-0.1, -0.05) is 18.2 Å². The van der Waals surface area contributed by atoms with Crippen LogP contribution in [-0.4, -0.2) is 51.3 Å². The third kappa shape index (κ3) is 8.81. The van der Waals surface area contributed by atoms with Crippen molar-refractivity contribution in [1.82, 2.24) is 9.97 Å². The van der Waals surface area contributed by atoms with E-state index in [-0.39, 0.29) is 35.5 Å². The van der Waals surface area contributed by atoms with Gasteiger partial charge in [-0.15, -0.1) is 0 Å². The first-order valence-electron chi connectivity index (χ1n) is 15.1. The van der Waals surface area contributed by atoms with E-state index in [9.17, 15) is 24.0 Å². The lowest BCUT2D eigenvalue weighted by Gasteiger charge is -2.34. The quantitative estimate of drug-likeness (QED) is 0.357. The lowest BCUT2D eigenvalue weighted by molar-refractivity contribution is -0.149. The van der Waals surface area contributed by atoms with E-state index < -0.39 is 11.6 Å². The zero-order valence-corrected chi connectivity index (χ0v) is 25.1. The molecule has 236 valence electrons. The number of rotatable bonds is 5. The second kappa shape index (κ2) is 15.7. The zero-order valence-electron chi connectivity index (χ0n) is 25.1. The number of fused-ring (bicyclic) bond motifs is 2. The molecule has 11 nitrogen and oxygen atoms in total. The van der Waals surface area contributed by atoms with Gasteiger partial charge in [0.15, 0.2) is 0 Å². The fourth-order valence-electron chi connectivity index (χ4n) is 5.59. The summed E-state index contributed by atoms with van der Waals surface area (Å²) in [5, 5.41) is 11.8. The van der Waals surface area contributed by atoms with E-state index in [2.05, 4.69) is 15.3 Å². The summed E-state index contributed by atoms with van der Waals surface area (Å²) >= 11 is 0. The number of nitrogens with zero attached hydrogens (tertiary/aromatic N) is 2. The van der Waals surface area contributed by atoms with E-state index in [4.69, 9.17) is 14.6 Å². The Hall–Kier alpha value is -4.93. The highest BCUT2D eigenvalue weighted by molar-refractivity contribution is 6.04. The number of carboxylic acids is 1. The molecule has 2 aromatic heterocycles. The monoisotopic (exact) mass is 615 g/mol. The van der Waals surface area contributed by atoms with Crippen LogP contribution in [0.4, 0.5) is 5.69 Å². The summed E-state index contributed by atoms with van der Waals surface area (Å²) in [6.07, 6.45) is 11.1. The Bertz CT molecular complexity index is 1480. The number of amides is 1. The van der Waals surface area contributed by atoms with Crippen molar-refractivity contribution in [3.8, 4) is 0 Å². The van der Waals surface area contributed by atoms with Gasteiger partial charge in [0.05, 0.1) is 24.0 Å². The Labute approximate surface area is 261 Å². The summed E-state index contributed by atoms with van der Waals surface area (Å²) in [6.45, 7) is 2.23. The van der Waals surface area contributed by atoms with Crippen molar-refractivity contribution in [2.75, 3.05) is 11.9 Å². The van der Waals surface area contributed by atoms with Crippen LogP contribution in [0.1, 0.15) is 84.6 Å². The number of anilines is 1. The Balaban J connectivity index is 0.000000157. The highest BCUT2D eigenvalue weighted by Crippen LogP contribution is 2.47. The molecule has 3 aliphatic rings. The van der Waals surface area contributed by atoms with Gasteiger partial charge in [-0.05, 0) is 75.8 Å². The fourth-order valence-corrected chi connectivity index (χ4v) is 5.59. The van der Waals surface area contributed by atoms with Crippen LogP contribution in [0.15, 0.2) is 73.3 Å². The Morgan fingerprint density at radius 1 is 0.911 bits per heavy atom. The zero-order chi connectivity index (χ0) is 32.2. The minimum absolute atomic E-state index is 0.0253. The molecule has 3 aromatic rings. The number of para-hydroxylation sites is 1. The van der Waals surface area contributed by atoms with E-state index in [0.29, 0.717) is 69.1 Å². The molecule has 1 spiro atoms. The molecule has 0 bridgehead atoms. The van der Waals surface area contributed by atoms with Crippen LogP contribution in [-0.2, 0) is 29.5 Å². The minimum Gasteiger partial charge on any atom is -0.481 e. The van der Waals surface area contributed by atoms with Crippen molar-refractivity contribution in [3.63, 3.8) is 0 Å². The lowest BCUT2D eigenvalue weighted by Crippen LogP contribution is -2.34. The first-order chi connectivity index (χ1) is 21.7. The summed E-state index contributed by atoms with van der Waals surface area (Å²) in [5.74, 6) is -1.41. The number of carbonyl (C=O) groups is 5. The first-order valence-corrected chi connectivity index (χ1v) is 15.1. The number of hydrogen-bond acceptors (Lipinski definition) is 9. The molecule has 0 radical (unpaired) electrons. The summed E-state index contributed by atoms with van der Waals surface area (Å²) < 4.78 is 10.4. The maximum absolute atomic E-state index is 11.8. The van der Waals surface area contributed by atoms with E-state index >= 15 is 0 Å². The van der Waals surface area contributed by atoms with Crippen LogP contribution in [0.25, 0.3) is 0 Å². The van der Waals surface area contributed by atoms with E-state index in [1.165, 1.54) is 0 Å². The Morgan fingerprint density at radius 2 is 1.56 bits per heavy atom. The number of nitrogens with one attached hydrogen (secondary N) is 1. The summed E-state index contributed by atoms with van der Waals surface area (Å²) in [6, 6.07) is 14.4. The third-order valence-electron chi connectivity index (χ3n) is 8.10. The van der Waals surface area contributed by atoms with Crippen molar-refractivity contribution in [2.45, 2.75) is 63.9 Å². The van der Waals surface area contributed by atoms with Crippen molar-refractivity contribution in [2.24, 2.45) is 11.8 Å². The smallest absolute Gasteiger partial charge is 0.339 e. The molecule has 0 saturated heterocycles. The van der Waals surface area contributed by atoms with Crippen LogP contribution >= 0.6 is 0 Å². The number of esters is 2. The van der Waals surface area contributed by atoms with Crippen molar-refractivity contribution in [1.29, 1.82) is 0 Å². The van der Waals surface area contributed by atoms with E-state index in [1.54, 1.807) is 49.9 Å². The normalized spacial score (nSPS) is 20.3. The Morgan fingerprint density at radius 3 is 2.18 bits per heavy atom. The molecule has 11 heteroatoms. The molecule has 1 aromatic carbocycles. The van der Waals surface area contributed by atoms with Crippen LogP contribution in [0, 0.1) is 11.8 Å². The fraction of sp³-hybridized carbons (Fsp3) is 0.382. The van der Waals surface area contributed by atoms with Gasteiger partial charge >= 0.3 is 17.9 Å². The maximum Gasteiger partial charge on any atom is 0.339 e. The molecule has 0 unspecified atom stereocenters. The van der Waals surface area contributed by atoms with Gasteiger partial charge in [0, 0.05) is 54.4 Å². The topological polar surface area (TPSA) is 162 Å². The number of aliphatic carboxylic acids is 1. The second-order valence-corrected chi connectivity index (χ2v) is 11.0. The number of carbonyl (C=O) groups excluding carboxylic acids is 4. The summed E-state index contributed by atoms with van der Waals surface area (Å²) in [4.78, 5) is 64.3. The largest absolute Gasteiger partial charge is 0.481 e. The molecule has 3 heterocycles. The van der Waals surface area contributed by atoms with Crippen molar-refractivity contribution >= 4 is 35.3 Å². The van der Waals surface area contributed by atoms with Gasteiger partial charge in [0.1, 0.15) is 11.4 Å². The molecule has 45 heavy (non-hydrogen) atoms. The minimum atomic E-state index is -0.763. The van der Waals surface area contributed by atoms with Gasteiger partial charge in [0.2, 0.25) is 0 Å². The van der Waals surface area contributed by atoms with Gasteiger partial charge in [-0.25, -0.2) is 4.79 Å². The Kier molecular flexibility index (Phi) is 11.5. The predicted molar refractivity (Wildman–Crippen MR) is 163 cm³/mol. The standard InChI is InChI=1S/C13H13NO4.C12H10N2O.C9H14O3/c15-11(16)8-1-4-13(5-2-8)10-7-14-6-3-9(10)12(17)18-13;15-12(10-6-8-13-9-7-10)14-11-4-2-1-3-5-11;1-2-12-9(11)7-3-5-8(10)6-4-7/h3,6-8H,1-2,4-5H2,(H,15,16);1-9H,(H,14,15);7H,2-6H2,1H3. The van der Waals surface area contributed by atoms with Crippen molar-refractivity contribution < 1.29 is 38.6 Å². The van der Waals surface area contributed by atoms with Gasteiger partial charge in [-0.2, -0.15) is 0 Å². The number of benzene rings is 1. The summed E-state index contributed by atoms with van der Waals surface area (Å²) in [7, 11) is 0. The van der Waals surface area contributed by atoms with Crippen LogP contribution < -0.4 is 5.32 Å². The molecule has 2 aliphatic carbocycles.